The van der Waals surface area contributed by atoms with Crippen LogP contribution in [-0.4, -0.2) is 14.2 Å². The van der Waals surface area contributed by atoms with Crippen LogP contribution >= 0.6 is 43.5 Å². The molecule has 0 saturated heterocycles. The van der Waals surface area contributed by atoms with E-state index in [2.05, 4.69) is 31.9 Å². The van der Waals surface area contributed by atoms with Crippen molar-refractivity contribution in [3.8, 4) is 11.5 Å². The van der Waals surface area contributed by atoms with Gasteiger partial charge in [-0.15, -0.1) is 11.6 Å². The summed E-state index contributed by atoms with van der Waals surface area (Å²) in [5.41, 5.74) is 1.41. The van der Waals surface area contributed by atoms with Crippen molar-refractivity contribution in [3.63, 3.8) is 0 Å². The van der Waals surface area contributed by atoms with Crippen molar-refractivity contribution in [1.82, 2.24) is 0 Å². The minimum atomic E-state index is -0.538. The van der Waals surface area contributed by atoms with E-state index in [1.165, 1.54) is 12.1 Å². The molecule has 112 valence electrons. The Morgan fingerprint density at radius 1 is 0.952 bits per heavy atom. The number of halogens is 4. The van der Waals surface area contributed by atoms with Crippen LogP contribution in [0.15, 0.2) is 39.3 Å². The van der Waals surface area contributed by atoms with E-state index in [0.29, 0.717) is 17.1 Å². The van der Waals surface area contributed by atoms with E-state index in [1.54, 1.807) is 32.4 Å². The van der Waals surface area contributed by atoms with E-state index < -0.39 is 5.38 Å². The fourth-order valence-electron chi connectivity index (χ4n) is 1.94. The minimum Gasteiger partial charge on any atom is -0.493 e. The third-order valence-corrected chi connectivity index (χ3v) is 4.89. The third-order valence-electron chi connectivity index (χ3n) is 3.01. The molecule has 0 radical (unpaired) electrons. The summed E-state index contributed by atoms with van der Waals surface area (Å²) in [5, 5.41) is -0.538. The Kier molecular flexibility index (Phi) is 5.52. The molecule has 0 amide bonds. The van der Waals surface area contributed by atoms with Crippen LogP contribution in [-0.2, 0) is 0 Å². The van der Waals surface area contributed by atoms with Gasteiger partial charge in [-0.1, -0.05) is 31.9 Å². The van der Waals surface area contributed by atoms with Gasteiger partial charge in [0.25, 0.3) is 0 Å². The zero-order chi connectivity index (χ0) is 15.6. The molecule has 0 aromatic heterocycles. The van der Waals surface area contributed by atoms with E-state index in [1.807, 2.05) is 0 Å². The highest BCUT2D eigenvalue weighted by Gasteiger charge is 2.20. The number of hydrogen-bond acceptors (Lipinski definition) is 2. The van der Waals surface area contributed by atoms with E-state index >= 15 is 0 Å². The predicted octanol–water partition coefficient (Wildman–Crippen LogP) is 5.70. The molecule has 2 aromatic carbocycles. The van der Waals surface area contributed by atoms with Gasteiger partial charge in [0.05, 0.1) is 19.6 Å². The van der Waals surface area contributed by atoms with Crippen molar-refractivity contribution >= 4 is 43.5 Å². The second kappa shape index (κ2) is 6.99. The lowest BCUT2D eigenvalue weighted by Crippen LogP contribution is -1.99. The van der Waals surface area contributed by atoms with Gasteiger partial charge in [0.15, 0.2) is 11.5 Å². The monoisotopic (exact) mass is 436 g/mol. The molecule has 6 heteroatoms. The van der Waals surface area contributed by atoms with Crippen LogP contribution in [0.5, 0.6) is 11.5 Å². The maximum Gasteiger partial charge on any atom is 0.161 e. The average Bonchev–Trinajstić information content (AvgIpc) is 2.48. The van der Waals surface area contributed by atoms with Crippen LogP contribution in [0, 0.1) is 5.82 Å². The highest BCUT2D eigenvalue weighted by molar-refractivity contribution is 9.10. The average molecular weight is 439 g/mol. The summed E-state index contributed by atoms with van der Waals surface area (Å²) < 4.78 is 25.5. The van der Waals surface area contributed by atoms with Gasteiger partial charge in [-0.05, 0) is 41.5 Å². The van der Waals surface area contributed by atoms with Crippen LogP contribution in [0.25, 0.3) is 0 Å². The summed E-state index contributed by atoms with van der Waals surface area (Å²) in [6.07, 6.45) is 0. The molecule has 0 N–H and O–H groups in total. The zero-order valence-corrected chi connectivity index (χ0v) is 15.2. The second-order valence-corrected chi connectivity index (χ2v) is 6.40. The Hall–Kier alpha value is -0.780. The Balaban J connectivity index is 2.52. The molecule has 0 fully saturated rings. The van der Waals surface area contributed by atoms with Crippen molar-refractivity contribution in [2.45, 2.75) is 5.38 Å². The van der Waals surface area contributed by atoms with Crippen LogP contribution < -0.4 is 9.47 Å². The van der Waals surface area contributed by atoms with Crippen LogP contribution in [0.2, 0.25) is 0 Å². The maximum atomic E-state index is 13.5. The molecule has 1 atom stereocenters. The lowest BCUT2D eigenvalue weighted by Gasteiger charge is -2.17. The van der Waals surface area contributed by atoms with Gasteiger partial charge in [0, 0.05) is 8.95 Å². The Bertz CT molecular complexity index is 664. The van der Waals surface area contributed by atoms with Gasteiger partial charge < -0.3 is 9.47 Å². The Morgan fingerprint density at radius 2 is 1.52 bits per heavy atom. The van der Waals surface area contributed by atoms with Gasteiger partial charge in [0.2, 0.25) is 0 Å². The maximum absolute atomic E-state index is 13.5. The van der Waals surface area contributed by atoms with Gasteiger partial charge in [0.1, 0.15) is 5.82 Å². The fourth-order valence-corrected chi connectivity index (χ4v) is 3.59. The van der Waals surface area contributed by atoms with E-state index in [4.69, 9.17) is 21.1 Å². The van der Waals surface area contributed by atoms with Crippen LogP contribution in [0.3, 0.4) is 0 Å². The van der Waals surface area contributed by atoms with Crippen molar-refractivity contribution in [2.24, 2.45) is 0 Å². The molecule has 1 unspecified atom stereocenters. The lowest BCUT2D eigenvalue weighted by molar-refractivity contribution is 0.354. The fraction of sp³-hybridized carbons (Fsp3) is 0.200. The quantitative estimate of drug-likeness (QED) is 0.571. The number of hydrogen-bond donors (Lipinski definition) is 0. The first-order valence-corrected chi connectivity index (χ1v) is 8.00. The van der Waals surface area contributed by atoms with E-state index in [0.717, 1.165) is 14.5 Å². The first-order chi connectivity index (χ1) is 9.97. The number of rotatable bonds is 4. The summed E-state index contributed by atoms with van der Waals surface area (Å²) in [6.45, 7) is 0. The summed E-state index contributed by atoms with van der Waals surface area (Å²) in [4.78, 5) is 0. The predicted molar refractivity (Wildman–Crippen MR) is 89.0 cm³/mol. The zero-order valence-electron chi connectivity index (χ0n) is 11.3. The molecule has 0 aliphatic carbocycles. The normalized spacial score (nSPS) is 12.1. The van der Waals surface area contributed by atoms with Crippen molar-refractivity contribution in [2.75, 3.05) is 14.2 Å². The van der Waals surface area contributed by atoms with Gasteiger partial charge in [-0.3, -0.25) is 0 Å². The summed E-state index contributed by atoms with van der Waals surface area (Å²) in [6, 6.07) is 7.97. The molecule has 0 bridgehead atoms. The van der Waals surface area contributed by atoms with Crippen LogP contribution in [0.4, 0.5) is 4.39 Å². The lowest BCUT2D eigenvalue weighted by atomic mass is 10.0. The summed E-state index contributed by atoms with van der Waals surface area (Å²) in [7, 11) is 3.11. The first-order valence-electron chi connectivity index (χ1n) is 5.98. The molecular formula is C15H12Br2ClFO2. The molecular weight excluding hydrogens is 426 g/mol. The Morgan fingerprint density at radius 3 is 2.14 bits per heavy atom. The number of ether oxygens (including phenoxy) is 2. The number of benzene rings is 2. The molecule has 0 spiro atoms. The van der Waals surface area contributed by atoms with Crippen molar-refractivity contribution in [3.05, 3.63) is 56.2 Å². The SMILES string of the molecule is COc1cc(Br)c(C(Cl)c2cc(F)ccc2Br)cc1OC. The van der Waals surface area contributed by atoms with Crippen molar-refractivity contribution < 1.29 is 13.9 Å². The van der Waals surface area contributed by atoms with E-state index in [9.17, 15) is 4.39 Å². The number of methoxy groups -OCH3 is 2. The molecule has 0 heterocycles. The Labute approximate surface area is 144 Å². The first kappa shape index (κ1) is 16.6. The molecule has 0 aliphatic rings. The smallest absolute Gasteiger partial charge is 0.161 e. The van der Waals surface area contributed by atoms with E-state index in [-0.39, 0.29) is 5.82 Å². The second-order valence-electron chi connectivity index (χ2n) is 4.26. The molecule has 0 aliphatic heterocycles. The third kappa shape index (κ3) is 3.52. The summed E-state index contributed by atoms with van der Waals surface area (Å²) in [5.74, 6) is 0.819. The molecule has 2 rings (SSSR count). The van der Waals surface area contributed by atoms with Crippen LogP contribution in [0.1, 0.15) is 16.5 Å². The highest BCUT2D eigenvalue weighted by atomic mass is 79.9. The van der Waals surface area contributed by atoms with Gasteiger partial charge in [-0.25, -0.2) is 4.39 Å². The van der Waals surface area contributed by atoms with Gasteiger partial charge in [-0.2, -0.15) is 0 Å². The van der Waals surface area contributed by atoms with Gasteiger partial charge >= 0.3 is 0 Å². The summed E-state index contributed by atoms with van der Waals surface area (Å²) >= 11 is 13.4. The molecule has 0 saturated carbocycles. The number of alkyl halides is 1. The standard InChI is InChI=1S/C15H12Br2ClFO2/c1-20-13-6-10(12(17)7-14(13)21-2)15(18)9-5-8(19)3-4-11(9)16/h3-7,15H,1-2H3. The molecule has 2 nitrogen and oxygen atoms in total. The minimum absolute atomic E-state index is 0.338. The van der Waals surface area contributed by atoms with Crippen molar-refractivity contribution in [1.29, 1.82) is 0 Å². The molecule has 2 aromatic rings. The highest BCUT2D eigenvalue weighted by Crippen LogP contribution is 2.42. The largest absolute Gasteiger partial charge is 0.493 e. The topological polar surface area (TPSA) is 18.5 Å². The molecule has 21 heavy (non-hydrogen) atoms.